The quantitative estimate of drug-likeness (QED) is 0.910. The molecule has 4 nitrogen and oxygen atoms in total. The third-order valence-electron chi connectivity index (χ3n) is 3.11. The topological polar surface area (TPSA) is 68.0 Å². The minimum Gasteiger partial charge on any atom is -0.346 e. The summed E-state index contributed by atoms with van der Waals surface area (Å²) in [6.07, 6.45) is 2.39. The number of carbonyl (C=O) groups excluding carboxylic acids is 1. The molecule has 0 aliphatic rings. The zero-order valence-corrected chi connectivity index (χ0v) is 12.5. The van der Waals surface area contributed by atoms with E-state index in [0.29, 0.717) is 12.2 Å². The van der Waals surface area contributed by atoms with Crippen LogP contribution < -0.4 is 11.1 Å². The van der Waals surface area contributed by atoms with E-state index in [9.17, 15) is 4.79 Å². The normalized spacial score (nSPS) is 10.9. The van der Waals surface area contributed by atoms with Crippen LogP contribution in [0.1, 0.15) is 30.8 Å². The van der Waals surface area contributed by atoms with E-state index in [0.717, 1.165) is 17.2 Å². The van der Waals surface area contributed by atoms with E-state index in [1.165, 1.54) is 0 Å². The van der Waals surface area contributed by atoms with E-state index in [-0.39, 0.29) is 23.9 Å². The molecule has 0 spiro atoms. The van der Waals surface area contributed by atoms with Gasteiger partial charge in [-0.2, -0.15) is 0 Å². The van der Waals surface area contributed by atoms with Crippen molar-refractivity contribution in [3.63, 3.8) is 0 Å². The van der Waals surface area contributed by atoms with Crippen LogP contribution in [0.2, 0.25) is 0 Å². The number of aromatic nitrogens is 1. The lowest BCUT2D eigenvalue weighted by atomic mass is 10.00. The molecule has 0 aliphatic carbocycles. The number of pyridine rings is 1. The van der Waals surface area contributed by atoms with Crippen molar-refractivity contribution < 1.29 is 4.79 Å². The number of hydrogen-bond donors (Lipinski definition) is 2. The molecule has 5 heteroatoms. The Morgan fingerprint density at radius 1 is 1.30 bits per heavy atom. The first-order valence-electron chi connectivity index (χ1n) is 6.40. The molecule has 0 fully saturated rings. The summed E-state index contributed by atoms with van der Waals surface area (Å²) in [5, 5.41) is 4.86. The summed E-state index contributed by atoms with van der Waals surface area (Å²) < 4.78 is 0. The standard InChI is InChI=1S/C15H19N3O.ClH/c1-15(2,8-9-16)18-14(19)13-12-6-4-3-5-11(12)7-10-17-13;/h3-7,10H,8-9,16H2,1-2H3,(H,18,19);1H. The number of fused-ring (bicyclic) bond motifs is 1. The van der Waals surface area contributed by atoms with Crippen LogP contribution in [0.15, 0.2) is 36.5 Å². The van der Waals surface area contributed by atoms with Gasteiger partial charge in [0, 0.05) is 17.1 Å². The highest BCUT2D eigenvalue weighted by Gasteiger charge is 2.21. The third kappa shape index (κ3) is 3.68. The molecule has 0 atom stereocenters. The minimum atomic E-state index is -0.329. The monoisotopic (exact) mass is 293 g/mol. The number of amides is 1. The Morgan fingerprint density at radius 2 is 2.00 bits per heavy atom. The van der Waals surface area contributed by atoms with Crippen LogP contribution in [-0.2, 0) is 0 Å². The van der Waals surface area contributed by atoms with E-state index in [1.54, 1.807) is 6.20 Å². The SMILES string of the molecule is CC(C)(CCN)NC(=O)c1nccc2ccccc12.Cl. The number of nitrogens with zero attached hydrogens (tertiary/aromatic N) is 1. The molecule has 108 valence electrons. The van der Waals surface area contributed by atoms with E-state index in [4.69, 9.17) is 5.73 Å². The minimum absolute atomic E-state index is 0. The van der Waals surface area contributed by atoms with Gasteiger partial charge in [-0.05, 0) is 38.3 Å². The summed E-state index contributed by atoms with van der Waals surface area (Å²) in [4.78, 5) is 16.5. The van der Waals surface area contributed by atoms with Gasteiger partial charge in [0.25, 0.3) is 5.91 Å². The lowest BCUT2D eigenvalue weighted by molar-refractivity contribution is 0.0907. The Kier molecular flexibility index (Phi) is 5.48. The van der Waals surface area contributed by atoms with E-state index < -0.39 is 0 Å². The predicted octanol–water partition coefficient (Wildman–Crippen LogP) is 2.51. The highest BCUT2D eigenvalue weighted by molar-refractivity contribution is 6.05. The van der Waals surface area contributed by atoms with Crippen LogP contribution in [-0.4, -0.2) is 23.0 Å². The average molecular weight is 294 g/mol. The van der Waals surface area contributed by atoms with Crippen LogP contribution in [0.4, 0.5) is 0 Å². The maximum absolute atomic E-state index is 12.3. The van der Waals surface area contributed by atoms with Gasteiger partial charge < -0.3 is 11.1 Å². The van der Waals surface area contributed by atoms with Gasteiger partial charge in [-0.1, -0.05) is 24.3 Å². The zero-order valence-electron chi connectivity index (χ0n) is 11.7. The van der Waals surface area contributed by atoms with Gasteiger partial charge in [0.05, 0.1) is 0 Å². The van der Waals surface area contributed by atoms with Gasteiger partial charge in [-0.3, -0.25) is 9.78 Å². The fourth-order valence-corrected chi connectivity index (χ4v) is 2.09. The average Bonchev–Trinajstić information content (AvgIpc) is 2.37. The van der Waals surface area contributed by atoms with Crippen LogP contribution >= 0.6 is 12.4 Å². The van der Waals surface area contributed by atoms with Gasteiger partial charge in [0.1, 0.15) is 5.69 Å². The van der Waals surface area contributed by atoms with Crippen molar-refractivity contribution in [2.45, 2.75) is 25.8 Å². The molecule has 0 saturated carbocycles. The van der Waals surface area contributed by atoms with Gasteiger partial charge in [-0.25, -0.2) is 0 Å². The Hall–Kier alpha value is -1.65. The molecular weight excluding hydrogens is 274 g/mol. The number of halogens is 1. The second-order valence-electron chi connectivity index (χ2n) is 5.26. The summed E-state index contributed by atoms with van der Waals surface area (Å²) in [6.45, 7) is 4.46. The van der Waals surface area contributed by atoms with Crippen molar-refractivity contribution in [1.29, 1.82) is 0 Å². The number of nitrogens with one attached hydrogen (secondary N) is 1. The molecule has 1 heterocycles. The molecule has 0 radical (unpaired) electrons. The number of rotatable bonds is 4. The predicted molar refractivity (Wildman–Crippen MR) is 84.2 cm³/mol. The Morgan fingerprint density at radius 3 is 2.70 bits per heavy atom. The number of benzene rings is 1. The molecule has 2 rings (SSSR count). The van der Waals surface area contributed by atoms with E-state index in [1.807, 2.05) is 44.2 Å². The fraction of sp³-hybridized carbons (Fsp3) is 0.333. The van der Waals surface area contributed by atoms with E-state index in [2.05, 4.69) is 10.3 Å². The van der Waals surface area contributed by atoms with Crippen molar-refractivity contribution in [3.05, 3.63) is 42.2 Å². The van der Waals surface area contributed by atoms with Crippen LogP contribution in [0, 0.1) is 0 Å². The van der Waals surface area contributed by atoms with Crippen molar-refractivity contribution in [2.24, 2.45) is 5.73 Å². The first-order valence-corrected chi connectivity index (χ1v) is 6.40. The van der Waals surface area contributed by atoms with Crippen LogP contribution in [0.3, 0.4) is 0 Å². The lowest BCUT2D eigenvalue weighted by Gasteiger charge is -2.25. The molecule has 3 N–H and O–H groups in total. The van der Waals surface area contributed by atoms with Crippen molar-refractivity contribution in [1.82, 2.24) is 10.3 Å². The Bertz CT molecular complexity index is 593. The highest BCUT2D eigenvalue weighted by atomic mass is 35.5. The Labute approximate surface area is 125 Å². The summed E-state index contributed by atoms with van der Waals surface area (Å²) in [7, 11) is 0. The summed E-state index contributed by atoms with van der Waals surface area (Å²) >= 11 is 0. The van der Waals surface area contributed by atoms with Gasteiger partial charge in [0.15, 0.2) is 0 Å². The smallest absolute Gasteiger partial charge is 0.270 e. The molecule has 2 aromatic rings. The summed E-state index contributed by atoms with van der Waals surface area (Å²) in [6, 6.07) is 9.64. The van der Waals surface area contributed by atoms with Gasteiger partial charge in [-0.15, -0.1) is 12.4 Å². The maximum Gasteiger partial charge on any atom is 0.270 e. The first kappa shape index (κ1) is 16.4. The molecule has 0 unspecified atom stereocenters. The first-order chi connectivity index (χ1) is 9.03. The van der Waals surface area contributed by atoms with Crippen LogP contribution in [0.25, 0.3) is 10.8 Å². The molecule has 1 amide bonds. The largest absolute Gasteiger partial charge is 0.346 e. The molecule has 20 heavy (non-hydrogen) atoms. The van der Waals surface area contributed by atoms with Gasteiger partial charge >= 0.3 is 0 Å². The highest BCUT2D eigenvalue weighted by Crippen LogP contribution is 2.17. The number of carbonyl (C=O) groups is 1. The Balaban J connectivity index is 0.00000200. The van der Waals surface area contributed by atoms with Crippen LogP contribution in [0.5, 0.6) is 0 Å². The second kappa shape index (κ2) is 6.68. The summed E-state index contributed by atoms with van der Waals surface area (Å²) in [5.74, 6) is -0.157. The summed E-state index contributed by atoms with van der Waals surface area (Å²) in [5.41, 5.74) is 5.69. The molecule has 1 aromatic carbocycles. The molecule has 0 saturated heterocycles. The number of hydrogen-bond acceptors (Lipinski definition) is 3. The van der Waals surface area contributed by atoms with Crippen molar-refractivity contribution in [3.8, 4) is 0 Å². The molecular formula is C15H20ClN3O. The van der Waals surface area contributed by atoms with Gasteiger partial charge in [0.2, 0.25) is 0 Å². The number of nitrogens with two attached hydrogens (primary N) is 1. The molecule has 1 aromatic heterocycles. The zero-order chi connectivity index (χ0) is 13.9. The van der Waals surface area contributed by atoms with E-state index >= 15 is 0 Å². The second-order valence-corrected chi connectivity index (χ2v) is 5.26. The maximum atomic E-state index is 12.3. The molecule has 0 bridgehead atoms. The lowest BCUT2D eigenvalue weighted by Crippen LogP contribution is -2.45. The fourth-order valence-electron chi connectivity index (χ4n) is 2.09. The third-order valence-corrected chi connectivity index (χ3v) is 3.11. The van der Waals surface area contributed by atoms with Crippen molar-refractivity contribution in [2.75, 3.05) is 6.54 Å². The van der Waals surface area contributed by atoms with Crippen molar-refractivity contribution >= 4 is 29.1 Å². The molecule has 0 aliphatic heterocycles.